The minimum atomic E-state index is -0.430. The summed E-state index contributed by atoms with van der Waals surface area (Å²) in [5.74, 6) is 0.0188. The second-order valence-electron chi connectivity index (χ2n) is 5.74. The van der Waals surface area contributed by atoms with E-state index < -0.39 is 6.04 Å². The number of rotatable bonds is 5. The minimum absolute atomic E-state index is 0.0612. The van der Waals surface area contributed by atoms with Gasteiger partial charge in [0.25, 0.3) is 5.91 Å². The Morgan fingerprint density at radius 1 is 1.19 bits per heavy atom. The molecule has 1 aromatic carbocycles. The summed E-state index contributed by atoms with van der Waals surface area (Å²) in [4.78, 5) is 26.8. The monoisotopic (exact) mass is 288 g/mol. The number of amides is 2. The summed E-state index contributed by atoms with van der Waals surface area (Å²) in [6.45, 7) is 5.69. The maximum absolute atomic E-state index is 12.6. The first-order valence-electron chi connectivity index (χ1n) is 7.78. The highest BCUT2D eigenvalue weighted by atomic mass is 16.2. The lowest BCUT2D eigenvalue weighted by molar-refractivity contribution is -0.133. The molecular weight excluding hydrogens is 264 g/mol. The zero-order chi connectivity index (χ0) is 15.2. The summed E-state index contributed by atoms with van der Waals surface area (Å²) in [5.41, 5.74) is 0.597. The first-order chi connectivity index (χ1) is 10.1. The molecule has 0 aromatic heterocycles. The predicted octanol–water partition coefficient (Wildman–Crippen LogP) is 2.45. The molecule has 1 aliphatic rings. The number of carbonyl (C=O) groups excluding carboxylic acids is 2. The van der Waals surface area contributed by atoms with E-state index in [1.807, 2.05) is 36.9 Å². The van der Waals surface area contributed by atoms with Crippen molar-refractivity contribution in [3.8, 4) is 0 Å². The van der Waals surface area contributed by atoms with Crippen molar-refractivity contribution < 1.29 is 9.59 Å². The number of likely N-dealkylation sites (tertiary alicyclic amines) is 1. The van der Waals surface area contributed by atoms with E-state index >= 15 is 0 Å². The molecule has 2 atom stereocenters. The van der Waals surface area contributed by atoms with Gasteiger partial charge in [0, 0.05) is 18.7 Å². The lowest BCUT2D eigenvalue weighted by atomic mass is 9.97. The second-order valence-corrected chi connectivity index (χ2v) is 5.74. The zero-order valence-corrected chi connectivity index (χ0v) is 12.8. The van der Waals surface area contributed by atoms with Crippen LogP contribution in [0.15, 0.2) is 30.3 Å². The van der Waals surface area contributed by atoms with Crippen LogP contribution in [0.4, 0.5) is 0 Å². The molecule has 4 heteroatoms. The van der Waals surface area contributed by atoms with Crippen molar-refractivity contribution in [2.45, 2.75) is 39.2 Å². The molecule has 0 radical (unpaired) electrons. The highest BCUT2D eigenvalue weighted by molar-refractivity contribution is 5.97. The Morgan fingerprint density at radius 3 is 2.38 bits per heavy atom. The lowest BCUT2D eigenvalue weighted by Crippen LogP contribution is -2.51. The largest absolute Gasteiger partial charge is 0.341 e. The molecule has 0 saturated carbocycles. The van der Waals surface area contributed by atoms with Crippen LogP contribution >= 0.6 is 0 Å². The summed E-state index contributed by atoms with van der Waals surface area (Å²) in [7, 11) is 0. The highest BCUT2D eigenvalue weighted by Crippen LogP contribution is 2.16. The van der Waals surface area contributed by atoms with Gasteiger partial charge in [0.15, 0.2) is 0 Å². The smallest absolute Gasteiger partial charge is 0.251 e. The fourth-order valence-corrected chi connectivity index (χ4v) is 2.63. The molecule has 0 aliphatic carbocycles. The Balaban J connectivity index is 2.09. The molecule has 1 aromatic rings. The van der Waals surface area contributed by atoms with Crippen LogP contribution in [0.2, 0.25) is 0 Å². The standard InChI is InChI=1S/C17H24N2O2/c1-3-13(2)15(17(21)19-11-7-8-12-19)18-16(20)14-9-5-4-6-10-14/h4-6,9-10,13,15H,3,7-8,11-12H2,1-2H3,(H,18,20)/t13-,15-/m0/s1. The van der Waals surface area contributed by atoms with Crippen LogP contribution in [0, 0.1) is 5.92 Å². The fraction of sp³-hybridized carbons (Fsp3) is 0.529. The number of hydrogen-bond donors (Lipinski definition) is 1. The number of nitrogens with one attached hydrogen (secondary N) is 1. The van der Waals surface area contributed by atoms with E-state index in [9.17, 15) is 9.59 Å². The fourth-order valence-electron chi connectivity index (χ4n) is 2.63. The molecule has 21 heavy (non-hydrogen) atoms. The summed E-state index contributed by atoms with van der Waals surface area (Å²) >= 11 is 0. The van der Waals surface area contributed by atoms with E-state index in [1.165, 1.54) is 0 Å². The van der Waals surface area contributed by atoms with E-state index in [0.717, 1.165) is 32.4 Å². The maximum Gasteiger partial charge on any atom is 0.251 e. The SMILES string of the molecule is CC[C@H](C)[C@H](NC(=O)c1ccccc1)C(=O)N1CCCC1. The van der Waals surface area contributed by atoms with Crippen LogP contribution < -0.4 is 5.32 Å². The van der Waals surface area contributed by atoms with Crippen LogP contribution in [0.5, 0.6) is 0 Å². The van der Waals surface area contributed by atoms with Crippen LogP contribution in [-0.4, -0.2) is 35.8 Å². The van der Waals surface area contributed by atoms with Crippen LogP contribution in [0.1, 0.15) is 43.5 Å². The minimum Gasteiger partial charge on any atom is -0.341 e. The van der Waals surface area contributed by atoms with Crippen LogP contribution in [0.25, 0.3) is 0 Å². The average Bonchev–Trinajstić information content (AvgIpc) is 3.06. The first-order valence-corrected chi connectivity index (χ1v) is 7.78. The molecule has 0 bridgehead atoms. The van der Waals surface area contributed by atoms with Gasteiger partial charge < -0.3 is 10.2 Å². The van der Waals surface area contributed by atoms with Gasteiger partial charge >= 0.3 is 0 Å². The van der Waals surface area contributed by atoms with Gasteiger partial charge in [-0.3, -0.25) is 9.59 Å². The van der Waals surface area contributed by atoms with Gasteiger partial charge in [-0.1, -0.05) is 38.5 Å². The van der Waals surface area contributed by atoms with Crippen molar-refractivity contribution in [2.75, 3.05) is 13.1 Å². The molecule has 0 unspecified atom stereocenters. The molecule has 2 rings (SSSR count). The Morgan fingerprint density at radius 2 is 1.81 bits per heavy atom. The van der Waals surface area contributed by atoms with Gasteiger partial charge in [0.05, 0.1) is 0 Å². The summed E-state index contributed by atoms with van der Waals surface area (Å²) in [6, 6.07) is 8.64. The Kier molecular flexibility index (Phi) is 5.37. The van der Waals surface area contributed by atoms with Crippen molar-refractivity contribution in [1.82, 2.24) is 10.2 Å². The third kappa shape index (κ3) is 3.84. The Labute approximate surface area is 126 Å². The number of nitrogens with zero attached hydrogens (tertiary/aromatic N) is 1. The first kappa shape index (κ1) is 15.5. The van der Waals surface area contributed by atoms with E-state index in [4.69, 9.17) is 0 Å². The quantitative estimate of drug-likeness (QED) is 0.905. The second kappa shape index (κ2) is 7.25. The van der Waals surface area contributed by atoms with Crippen molar-refractivity contribution in [3.63, 3.8) is 0 Å². The third-order valence-corrected chi connectivity index (χ3v) is 4.22. The number of carbonyl (C=O) groups is 2. The summed E-state index contributed by atoms with van der Waals surface area (Å²) in [5, 5.41) is 2.93. The molecule has 1 saturated heterocycles. The van der Waals surface area contributed by atoms with Gasteiger partial charge in [0.1, 0.15) is 6.04 Å². The summed E-state index contributed by atoms with van der Waals surface area (Å²) < 4.78 is 0. The Bertz CT molecular complexity index is 481. The van der Waals surface area contributed by atoms with E-state index in [0.29, 0.717) is 5.56 Å². The molecule has 4 nitrogen and oxygen atoms in total. The molecule has 2 amide bonds. The Hall–Kier alpha value is -1.84. The van der Waals surface area contributed by atoms with E-state index in [2.05, 4.69) is 5.32 Å². The van der Waals surface area contributed by atoms with Crippen LogP contribution in [0.3, 0.4) is 0 Å². The van der Waals surface area contributed by atoms with Crippen LogP contribution in [-0.2, 0) is 4.79 Å². The van der Waals surface area contributed by atoms with Gasteiger partial charge in [-0.2, -0.15) is 0 Å². The highest BCUT2D eigenvalue weighted by Gasteiger charge is 2.31. The molecule has 1 N–H and O–H groups in total. The summed E-state index contributed by atoms with van der Waals surface area (Å²) in [6.07, 6.45) is 2.98. The number of hydrogen-bond acceptors (Lipinski definition) is 2. The maximum atomic E-state index is 12.6. The molecule has 0 spiro atoms. The van der Waals surface area contributed by atoms with E-state index in [-0.39, 0.29) is 17.7 Å². The van der Waals surface area contributed by atoms with Gasteiger partial charge in [0.2, 0.25) is 5.91 Å². The van der Waals surface area contributed by atoms with Gasteiger partial charge in [-0.25, -0.2) is 0 Å². The molecule has 1 aliphatic heterocycles. The lowest BCUT2D eigenvalue weighted by Gasteiger charge is -2.28. The van der Waals surface area contributed by atoms with Gasteiger partial charge in [-0.05, 0) is 30.9 Å². The van der Waals surface area contributed by atoms with E-state index in [1.54, 1.807) is 12.1 Å². The molecule has 114 valence electrons. The van der Waals surface area contributed by atoms with Crippen molar-refractivity contribution in [3.05, 3.63) is 35.9 Å². The average molecular weight is 288 g/mol. The predicted molar refractivity (Wildman–Crippen MR) is 83.0 cm³/mol. The number of benzene rings is 1. The van der Waals surface area contributed by atoms with Gasteiger partial charge in [-0.15, -0.1) is 0 Å². The van der Waals surface area contributed by atoms with Crippen molar-refractivity contribution in [1.29, 1.82) is 0 Å². The topological polar surface area (TPSA) is 49.4 Å². The normalized spacial score (nSPS) is 17.3. The molecular formula is C17H24N2O2. The molecule has 1 heterocycles. The van der Waals surface area contributed by atoms with Crippen molar-refractivity contribution >= 4 is 11.8 Å². The van der Waals surface area contributed by atoms with Crippen molar-refractivity contribution in [2.24, 2.45) is 5.92 Å². The third-order valence-electron chi connectivity index (χ3n) is 4.22. The molecule has 1 fully saturated rings. The zero-order valence-electron chi connectivity index (χ0n) is 12.8.